The van der Waals surface area contributed by atoms with Gasteiger partial charge in [0.1, 0.15) is 0 Å². The van der Waals surface area contributed by atoms with Gasteiger partial charge in [-0.1, -0.05) is 5.22 Å². The Morgan fingerprint density at radius 1 is 1.78 bits per heavy atom. The third kappa shape index (κ3) is 3.15. The number of nitrogens with zero attached hydrogens (tertiary/aromatic N) is 2. The van der Waals surface area contributed by atoms with Crippen LogP contribution in [0.15, 0.2) is 10.3 Å². The van der Waals surface area contributed by atoms with E-state index in [1.54, 1.807) is 0 Å². The molecule has 0 heterocycles. The van der Waals surface area contributed by atoms with E-state index in [0.717, 1.165) is 0 Å². The predicted molar refractivity (Wildman–Crippen MR) is 29.3 cm³/mol. The van der Waals surface area contributed by atoms with Gasteiger partial charge in [0.25, 0.3) is 0 Å². The topological polar surface area (TPSA) is 97.9 Å². The lowest BCUT2D eigenvalue weighted by Crippen LogP contribution is -2.24. The zero-order chi connectivity index (χ0) is 7.28. The minimum atomic E-state index is -1.36. The molecular weight excluding hydrogens is 124 g/mol. The number of aliphatic carboxylic acids is 1. The average Bonchev–Trinajstić information content (AvgIpc) is 1.82. The fraction of sp³-hybridized carbons (Fsp3) is 0.333. The minimum Gasteiger partial charge on any atom is -0.475 e. The number of rotatable bonds is 1. The van der Waals surface area contributed by atoms with E-state index in [1.165, 1.54) is 7.05 Å². The Morgan fingerprint density at radius 2 is 2.33 bits per heavy atom. The number of amidine groups is 1. The fourth-order valence-corrected chi connectivity index (χ4v) is 0.148. The molecule has 0 amide bonds. The quantitative estimate of drug-likeness (QED) is 0.195. The van der Waals surface area contributed by atoms with Crippen molar-refractivity contribution < 1.29 is 9.90 Å². The van der Waals surface area contributed by atoms with Crippen LogP contribution < -0.4 is 5.43 Å². The van der Waals surface area contributed by atoms with Crippen molar-refractivity contribution in [1.82, 2.24) is 5.43 Å². The number of nitrogens with one attached hydrogen (secondary N) is 2. The Morgan fingerprint density at radius 3 is 2.67 bits per heavy atom. The maximum Gasteiger partial charge on any atom is 0.372 e. The molecule has 0 atom stereocenters. The highest BCUT2D eigenvalue weighted by Gasteiger charge is 2.02. The van der Waals surface area contributed by atoms with Crippen LogP contribution >= 0.6 is 0 Å². The van der Waals surface area contributed by atoms with Gasteiger partial charge in [0.05, 0.1) is 7.05 Å². The predicted octanol–water partition coefficient (Wildman–Crippen LogP) is -0.365. The number of carboxylic acid groups (broad SMARTS) is 1. The van der Waals surface area contributed by atoms with E-state index < -0.39 is 11.8 Å². The van der Waals surface area contributed by atoms with E-state index in [0.29, 0.717) is 0 Å². The maximum atomic E-state index is 9.82. The molecule has 0 saturated heterocycles. The van der Waals surface area contributed by atoms with E-state index in [2.05, 4.69) is 10.3 Å². The molecule has 3 N–H and O–H groups in total. The highest BCUT2D eigenvalue weighted by atomic mass is 16.4. The molecule has 0 spiro atoms. The van der Waals surface area contributed by atoms with Crippen LogP contribution in [0, 0.1) is 5.41 Å². The number of carboxylic acids is 1. The van der Waals surface area contributed by atoms with Crippen molar-refractivity contribution in [3.05, 3.63) is 0 Å². The maximum absolute atomic E-state index is 9.82. The van der Waals surface area contributed by atoms with Gasteiger partial charge in [-0.15, -0.1) is 0 Å². The first-order chi connectivity index (χ1) is 4.18. The minimum absolute atomic E-state index is 0.694. The molecule has 0 aliphatic heterocycles. The molecule has 0 radical (unpaired) electrons. The Kier molecular flexibility index (Phi) is 2.96. The van der Waals surface area contributed by atoms with Crippen LogP contribution in [0.4, 0.5) is 0 Å². The lowest BCUT2D eigenvalue weighted by Gasteiger charge is -1.90. The van der Waals surface area contributed by atoms with Gasteiger partial charge in [0.2, 0.25) is 5.84 Å². The highest BCUT2D eigenvalue weighted by molar-refractivity contribution is 6.32. The van der Waals surface area contributed by atoms with Crippen LogP contribution in [0.25, 0.3) is 0 Å². The van der Waals surface area contributed by atoms with E-state index >= 15 is 0 Å². The molecule has 0 saturated carbocycles. The summed E-state index contributed by atoms with van der Waals surface area (Å²) < 4.78 is 0. The zero-order valence-corrected chi connectivity index (χ0v) is 4.75. The van der Waals surface area contributed by atoms with Gasteiger partial charge in [-0.2, -0.15) is 5.11 Å². The van der Waals surface area contributed by atoms with Crippen molar-refractivity contribution in [3.63, 3.8) is 0 Å². The second kappa shape index (κ2) is 3.53. The monoisotopic (exact) mass is 130 g/mol. The summed E-state index contributed by atoms with van der Waals surface area (Å²) in [5.74, 6) is -2.05. The first-order valence-corrected chi connectivity index (χ1v) is 2.05. The Bertz CT molecular complexity index is 152. The molecule has 0 aliphatic carbocycles. The molecule has 0 aromatic rings. The number of carbonyl (C=O) groups is 1. The summed E-state index contributed by atoms with van der Waals surface area (Å²) in [7, 11) is 1.36. The Balaban J connectivity index is 3.65. The normalized spacial score (nSPS) is 9.44. The molecular formula is C3H6N4O2. The highest BCUT2D eigenvalue weighted by Crippen LogP contribution is 1.67. The van der Waals surface area contributed by atoms with E-state index in [-0.39, 0.29) is 0 Å². The van der Waals surface area contributed by atoms with Gasteiger partial charge in [-0.3, -0.25) is 5.41 Å². The SMILES string of the molecule is CN=NNC(=N)C(=O)O. The van der Waals surface area contributed by atoms with E-state index in [4.69, 9.17) is 10.5 Å². The van der Waals surface area contributed by atoms with Crippen molar-refractivity contribution in [1.29, 1.82) is 5.41 Å². The fourth-order valence-electron chi connectivity index (χ4n) is 0.148. The molecule has 0 aromatic heterocycles. The van der Waals surface area contributed by atoms with Gasteiger partial charge in [0.15, 0.2) is 0 Å². The van der Waals surface area contributed by atoms with Crippen LogP contribution in [0.2, 0.25) is 0 Å². The van der Waals surface area contributed by atoms with Crippen LogP contribution in [0.5, 0.6) is 0 Å². The van der Waals surface area contributed by atoms with Crippen molar-refractivity contribution in [2.75, 3.05) is 7.05 Å². The first-order valence-electron chi connectivity index (χ1n) is 2.05. The van der Waals surface area contributed by atoms with Crippen LogP contribution in [0.3, 0.4) is 0 Å². The standard InChI is InChI=1S/C3H6N4O2/c1-5-7-6-2(4)3(8)9/h1H3,(H,8,9)(H2,4,5,6). The molecule has 0 fully saturated rings. The molecule has 0 rings (SSSR count). The molecule has 6 nitrogen and oxygen atoms in total. The Hall–Kier alpha value is -1.46. The first kappa shape index (κ1) is 7.54. The third-order valence-electron chi connectivity index (χ3n) is 0.476. The smallest absolute Gasteiger partial charge is 0.372 e. The number of hydrogen-bond donors (Lipinski definition) is 3. The summed E-state index contributed by atoms with van der Waals surface area (Å²) in [5.41, 5.74) is 1.87. The molecule has 0 aliphatic rings. The van der Waals surface area contributed by atoms with Crippen molar-refractivity contribution in [2.45, 2.75) is 0 Å². The summed E-state index contributed by atoms with van der Waals surface area (Å²) in [6, 6.07) is 0. The van der Waals surface area contributed by atoms with Crippen LogP contribution in [-0.2, 0) is 4.79 Å². The number of hydrogen-bond acceptors (Lipinski definition) is 4. The molecule has 50 valence electrons. The van der Waals surface area contributed by atoms with Gasteiger partial charge >= 0.3 is 5.97 Å². The summed E-state index contributed by atoms with van der Waals surface area (Å²) in [6.07, 6.45) is 0. The van der Waals surface area contributed by atoms with E-state index in [9.17, 15) is 4.79 Å². The lowest BCUT2D eigenvalue weighted by atomic mass is 10.6. The van der Waals surface area contributed by atoms with Crippen molar-refractivity contribution in [3.8, 4) is 0 Å². The zero-order valence-electron chi connectivity index (χ0n) is 4.75. The Labute approximate surface area is 51.1 Å². The summed E-state index contributed by atoms with van der Waals surface area (Å²) in [6.45, 7) is 0. The average molecular weight is 130 g/mol. The van der Waals surface area contributed by atoms with E-state index in [1.807, 2.05) is 5.43 Å². The van der Waals surface area contributed by atoms with Gasteiger partial charge in [-0.25, -0.2) is 10.2 Å². The largest absolute Gasteiger partial charge is 0.475 e. The second-order valence-corrected chi connectivity index (χ2v) is 1.09. The molecule has 9 heavy (non-hydrogen) atoms. The van der Waals surface area contributed by atoms with Crippen LogP contribution in [0.1, 0.15) is 0 Å². The second-order valence-electron chi connectivity index (χ2n) is 1.09. The van der Waals surface area contributed by atoms with Gasteiger partial charge in [0, 0.05) is 0 Å². The molecule has 0 unspecified atom stereocenters. The summed E-state index contributed by atoms with van der Waals surface area (Å²) >= 11 is 0. The van der Waals surface area contributed by atoms with Gasteiger partial charge in [-0.05, 0) is 0 Å². The van der Waals surface area contributed by atoms with Crippen LogP contribution in [-0.4, -0.2) is 24.0 Å². The molecule has 6 heteroatoms. The lowest BCUT2D eigenvalue weighted by molar-refractivity contribution is -0.129. The molecule has 0 aromatic carbocycles. The molecule has 0 bridgehead atoms. The third-order valence-corrected chi connectivity index (χ3v) is 0.476. The summed E-state index contributed by atoms with van der Waals surface area (Å²) in [4.78, 5) is 9.82. The van der Waals surface area contributed by atoms with Crippen molar-refractivity contribution >= 4 is 11.8 Å². The van der Waals surface area contributed by atoms with Crippen molar-refractivity contribution in [2.24, 2.45) is 10.3 Å². The summed E-state index contributed by atoms with van der Waals surface area (Å²) in [5, 5.41) is 20.8. The van der Waals surface area contributed by atoms with Gasteiger partial charge < -0.3 is 5.11 Å².